The summed E-state index contributed by atoms with van der Waals surface area (Å²) in [6.45, 7) is 3.90. The normalized spacial score (nSPS) is 11.8. The molecule has 0 bridgehead atoms. The highest BCUT2D eigenvalue weighted by Crippen LogP contribution is 2.21. The third kappa shape index (κ3) is 4.95. The van der Waals surface area contributed by atoms with E-state index in [4.69, 9.17) is 9.26 Å². The van der Waals surface area contributed by atoms with Crippen molar-refractivity contribution in [2.45, 2.75) is 32.9 Å². The first kappa shape index (κ1) is 19.1. The van der Waals surface area contributed by atoms with Gasteiger partial charge in [0.05, 0.1) is 6.54 Å². The number of hydrogen-bond acceptors (Lipinski definition) is 5. The highest BCUT2D eigenvalue weighted by molar-refractivity contribution is 9.10. The standard InChI is InChI=1S/C20H20BrN3O3/c1-3-14-7-4-5-10-17(14)26-13(2)20(25)22-12-18-23-19(24-27-18)15-8-6-9-16(21)11-15/h4-11,13H,3,12H2,1-2H3,(H,22,25)/t13-/m0/s1. The van der Waals surface area contributed by atoms with Crippen LogP contribution in [0, 0.1) is 0 Å². The Bertz CT molecular complexity index is 926. The van der Waals surface area contributed by atoms with Gasteiger partial charge in [0.1, 0.15) is 5.75 Å². The molecule has 0 spiro atoms. The lowest BCUT2D eigenvalue weighted by Gasteiger charge is -2.16. The number of halogens is 1. The lowest BCUT2D eigenvalue weighted by atomic mass is 10.1. The van der Waals surface area contributed by atoms with E-state index in [1.54, 1.807) is 6.92 Å². The van der Waals surface area contributed by atoms with Crippen LogP contribution in [-0.4, -0.2) is 22.2 Å². The molecule has 0 fully saturated rings. The van der Waals surface area contributed by atoms with E-state index >= 15 is 0 Å². The third-order valence-corrected chi connectivity index (χ3v) is 4.48. The number of hydrogen-bond donors (Lipinski definition) is 1. The Morgan fingerprint density at radius 3 is 2.85 bits per heavy atom. The van der Waals surface area contributed by atoms with E-state index < -0.39 is 6.10 Å². The van der Waals surface area contributed by atoms with E-state index in [1.807, 2.05) is 55.5 Å². The fraction of sp³-hybridized carbons (Fsp3) is 0.250. The summed E-state index contributed by atoms with van der Waals surface area (Å²) < 4.78 is 11.9. The second kappa shape index (κ2) is 8.81. The molecule has 2 aromatic carbocycles. The number of nitrogens with one attached hydrogen (secondary N) is 1. The van der Waals surface area contributed by atoms with Crippen LogP contribution in [0.5, 0.6) is 5.75 Å². The van der Waals surface area contributed by atoms with Crippen LogP contribution in [0.15, 0.2) is 57.5 Å². The Balaban J connectivity index is 1.57. The molecule has 1 atom stereocenters. The maximum atomic E-state index is 12.3. The second-order valence-corrected chi connectivity index (χ2v) is 6.88. The van der Waals surface area contributed by atoms with Crippen LogP contribution in [-0.2, 0) is 17.8 Å². The Hall–Kier alpha value is -2.67. The van der Waals surface area contributed by atoms with Gasteiger partial charge in [-0.2, -0.15) is 4.98 Å². The molecule has 0 unspecified atom stereocenters. The maximum Gasteiger partial charge on any atom is 0.261 e. The summed E-state index contributed by atoms with van der Waals surface area (Å²) in [7, 11) is 0. The predicted molar refractivity (Wildman–Crippen MR) is 105 cm³/mol. The van der Waals surface area contributed by atoms with Crippen LogP contribution in [0.2, 0.25) is 0 Å². The van der Waals surface area contributed by atoms with Gasteiger partial charge in [0.2, 0.25) is 11.7 Å². The quantitative estimate of drug-likeness (QED) is 0.610. The van der Waals surface area contributed by atoms with Crippen LogP contribution >= 0.6 is 15.9 Å². The fourth-order valence-electron chi connectivity index (χ4n) is 2.53. The molecular formula is C20H20BrN3O3. The topological polar surface area (TPSA) is 77.2 Å². The number of carbonyl (C=O) groups excluding carboxylic acids is 1. The van der Waals surface area contributed by atoms with Gasteiger partial charge in [0, 0.05) is 10.0 Å². The van der Waals surface area contributed by atoms with Crippen molar-refractivity contribution in [1.29, 1.82) is 0 Å². The number of aromatic nitrogens is 2. The van der Waals surface area contributed by atoms with Crippen molar-refractivity contribution >= 4 is 21.8 Å². The first-order chi connectivity index (χ1) is 13.1. The molecule has 0 aliphatic rings. The van der Waals surface area contributed by atoms with Crippen molar-refractivity contribution in [3.8, 4) is 17.1 Å². The number of aryl methyl sites for hydroxylation is 1. The van der Waals surface area contributed by atoms with E-state index in [9.17, 15) is 4.79 Å². The van der Waals surface area contributed by atoms with Gasteiger partial charge in [0.15, 0.2) is 6.10 Å². The first-order valence-electron chi connectivity index (χ1n) is 8.67. The number of amides is 1. The Morgan fingerprint density at radius 2 is 2.07 bits per heavy atom. The third-order valence-electron chi connectivity index (χ3n) is 3.99. The van der Waals surface area contributed by atoms with Gasteiger partial charge in [-0.25, -0.2) is 0 Å². The van der Waals surface area contributed by atoms with Crippen LogP contribution in [0.4, 0.5) is 0 Å². The second-order valence-electron chi connectivity index (χ2n) is 5.96. The van der Waals surface area contributed by atoms with Gasteiger partial charge in [0.25, 0.3) is 5.91 Å². The zero-order chi connectivity index (χ0) is 19.2. The summed E-state index contributed by atoms with van der Waals surface area (Å²) >= 11 is 3.41. The molecule has 6 nitrogen and oxygen atoms in total. The molecule has 0 saturated carbocycles. The number of nitrogens with zero attached hydrogens (tertiary/aromatic N) is 2. The van der Waals surface area contributed by atoms with Crippen molar-refractivity contribution in [3.63, 3.8) is 0 Å². The summed E-state index contributed by atoms with van der Waals surface area (Å²) in [4.78, 5) is 16.6. The largest absolute Gasteiger partial charge is 0.481 e. The zero-order valence-electron chi connectivity index (χ0n) is 15.1. The number of para-hydroxylation sites is 1. The first-order valence-corrected chi connectivity index (χ1v) is 9.47. The number of rotatable bonds is 7. The maximum absolute atomic E-state index is 12.3. The Labute approximate surface area is 166 Å². The summed E-state index contributed by atoms with van der Waals surface area (Å²) in [6, 6.07) is 15.3. The average molecular weight is 430 g/mol. The van der Waals surface area contributed by atoms with Crippen molar-refractivity contribution in [2.24, 2.45) is 0 Å². The van der Waals surface area contributed by atoms with E-state index in [0.29, 0.717) is 11.7 Å². The molecule has 0 aliphatic carbocycles. The number of benzene rings is 2. The number of ether oxygens (including phenoxy) is 1. The molecule has 1 aromatic heterocycles. The molecule has 140 valence electrons. The van der Waals surface area contributed by atoms with E-state index in [-0.39, 0.29) is 12.5 Å². The van der Waals surface area contributed by atoms with Gasteiger partial charge in [-0.05, 0) is 37.1 Å². The van der Waals surface area contributed by atoms with E-state index in [2.05, 4.69) is 31.4 Å². The summed E-state index contributed by atoms with van der Waals surface area (Å²) in [5.74, 6) is 1.28. The molecule has 27 heavy (non-hydrogen) atoms. The fourth-order valence-corrected chi connectivity index (χ4v) is 2.93. The van der Waals surface area contributed by atoms with Crippen molar-refractivity contribution < 1.29 is 14.1 Å². The molecule has 0 radical (unpaired) electrons. The lowest BCUT2D eigenvalue weighted by Crippen LogP contribution is -2.36. The van der Waals surface area contributed by atoms with Crippen LogP contribution < -0.4 is 10.1 Å². The van der Waals surface area contributed by atoms with Gasteiger partial charge in [-0.1, -0.05) is 58.3 Å². The minimum absolute atomic E-state index is 0.142. The molecular weight excluding hydrogens is 410 g/mol. The van der Waals surface area contributed by atoms with Gasteiger partial charge < -0.3 is 14.6 Å². The van der Waals surface area contributed by atoms with Crippen molar-refractivity contribution in [1.82, 2.24) is 15.5 Å². The van der Waals surface area contributed by atoms with Crippen LogP contribution in [0.3, 0.4) is 0 Å². The molecule has 1 heterocycles. The molecule has 7 heteroatoms. The van der Waals surface area contributed by atoms with E-state index in [0.717, 1.165) is 27.8 Å². The SMILES string of the molecule is CCc1ccccc1O[C@@H](C)C(=O)NCc1nc(-c2cccc(Br)c2)no1. The van der Waals surface area contributed by atoms with Gasteiger partial charge in [-0.15, -0.1) is 0 Å². The average Bonchev–Trinajstić information content (AvgIpc) is 3.15. The van der Waals surface area contributed by atoms with Crippen LogP contribution in [0.1, 0.15) is 25.3 Å². The monoisotopic (exact) mass is 429 g/mol. The predicted octanol–water partition coefficient (Wildman–Crippen LogP) is 4.15. The highest BCUT2D eigenvalue weighted by Gasteiger charge is 2.17. The molecule has 3 rings (SSSR count). The van der Waals surface area contributed by atoms with Gasteiger partial charge >= 0.3 is 0 Å². The van der Waals surface area contributed by atoms with Crippen molar-refractivity contribution in [2.75, 3.05) is 0 Å². The molecule has 1 amide bonds. The minimum atomic E-state index is -0.634. The number of carbonyl (C=O) groups is 1. The molecule has 3 aromatic rings. The highest BCUT2D eigenvalue weighted by atomic mass is 79.9. The smallest absolute Gasteiger partial charge is 0.261 e. The van der Waals surface area contributed by atoms with E-state index in [1.165, 1.54) is 0 Å². The molecule has 0 aliphatic heterocycles. The summed E-state index contributed by atoms with van der Waals surface area (Å²) in [5.41, 5.74) is 1.89. The molecule has 1 N–H and O–H groups in total. The Kier molecular flexibility index (Phi) is 6.24. The zero-order valence-corrected chi connectivity index (χ0v) is 16.7. The lowest BCUT2D eigenvalue weighted by molar-refractivity contribution is -0.127. The van der Waals surface area contributed by atoms with Crippen molar-refractivity contribution in [3.05, 3.63) is 64.5 Å². The van der Waals surface area contributed by atoms with Crippen LogP contribution in [0.25, 0.3) is 11.4 Å². The minimum Gasteiger partial charge on any atom is -0.481 e. The van der Waals surface area contributed by atoms with Gasteiger partial charge in [-0.3, -0.25) is 4.79 Å². The molecule has 0 saturated heterocycles. The summed E-state index contributed by atoms with van der Waals surface area (Å²) in [5, 5.41) is 6.71. The summed E-state index contributed by atoms with van der Waals surface area (Å²) in [6.07, 6.45) is 0.204. The Morgan fingerprint density at radius 1 is 1.26 bits per heavy atom.